The van der Waals surface area contributed by atoms with Gasteiger partial charge >= 0.3 is 0 Å². The van der Waals surface area contributed by atoms with Crippen molar-refractivity contribution >= 4 is 69.8 Å². The molecule has 0 bridgehead atoms. The Morgan fingerprint density at radius 3 is 1.15 bits per heavy atom. The monoisotopic (exact) mass is 796 g/mol. The van der Waals surface area contributed by atoms with Crippen molar-refractivity contribution < 1.29 is 19.3 Å². The van der Waals surface area contributed by atoms with Crippen LogP contribution in [0.2, 0.25) is 0 Å². The van der Waals surface area contributed by atoms with E-state index < -0.39 is 9.85 Å². The highest BCUT2D eigenvalue weighted by Crippen LogP contribution is 2.38. The van der Waals surface area contributed by atoms with Crippen LogP contribution in [-0.4, -0.2) is 23.6 Å². The summed E-state index contributed by atoms with van der Waals surface area (Å²) in [5.41, 5.74) is 6.86. The highest BCUT2D eigenvalue weighted by Gasteiger charge is 2.22. The van der Waals surface area contributed by atoms with Crippen LogP contribution >= 0.6 is 0 Å². The predicted octanol–water partition coefficient (Wildman–Crippen LogP) is 13.8. The van der Waals surface area contributed by atoms with E-state index in [4.69, 9.17) is 9.47 Å². The Bertz CT molecular complexity index is 2580. The van der Waals surface area contributed by atoms with E-state index in [-0.39, 0.29) is 29.9 Å². The molecule has 7 aromatic rings. The third-order valence-electron chi connectivity index (χ3n) is 9.55. The summed E-state index contributed by atoms with van der Waals surface area (Å²) in [7, 11) is 1.63. The van der Waals surface area contributed by atoms with E-state index in [0.29, 0.717) is 6.61 Å². The molecule has 10 nitrogen and oxygen atoms in total. The molecule has 300 valence electrons. The highest BCUT2D eigenvalue weighted by molar-refractivity contribution is 5.84. The van der Waals surface area contributed by atoms with Gasteiger partial charge in [-0.1, -0.05) is 80.2 Å². The Balaban J connectivity index is 0.00000604. The fraction of sp³-hybridized carbons (Fsp3) is 0.0800. The van der Waals surface area contributed by atoms with Gasteiger partial charge in [-0.15, -0.1) is 0 Å². The van der Waals surface area contributed by atoms with E-state index >= 15 is 0 Å². The van der Waals surface area contributed by atoms with Crippen LogP contribution in [-0.2, 0) is 0 Å². The lowest BCUT2D eigenvalue weighted by Crippen LogP contribution is -2.09. The zero-order valence-corrected chi connectivity index (χ0v) is 32.4. The number of rotatable bonds is 15. The fourth-order valence-corrected chi connectivity index (χ4v) is 6.67. The minimum atomic E-state index is -0.524. The van der Waals surface area contributed by atoms with Crippen molar-refractivity contribution in [1.29, 1.82) is 0 Å². The van der Waals surface area contributed by atoms with Gasteiger partial charge in [0.05, 0.1) is 34.7 Å². The summed E-state index contributed by atoms with van der Waals surface area (Å²) in [6.07, 6.45) is 6.49. The van der Waals surface area contributed by atoms with Gasteiger partial charge < -0.3 is 19.3 Å². The SMILES string of the molecule is C.CCOc1ccc(N(c2ccccc2)c2ccc(/C=C\c3cc([N+](=O)[O-])c(/C=C\c4ccc(N(c5ccccc5)c5ccc(OC)cc5)cc4)cc3[N+](=O)[O-])cc2)cc1. The standard InChI is InChI=1S/C49H40N4O6.CH4/c1-3-59-47-32-28-45(29-33-47)51(41-12-8-5-9-13-41)43-24-18-37(19-25-43)15-21-39-35-48(52(54)55)38(34-49(39)53(56)57)20-14-36-16-22-42(23-17-36)50(40-10-6-4-7-11-40)44-26-30-46(58-2)31-27-44;/h4-35H,3H2,1-2H3;1H4/b20-14-,21-15-;. The van der Waals surface area contributed by atoms with Gasteiger partial charge in [-0.2, -0.15) is 0 Å². The first-order chi connectivity index (χ1) is 28.8. The van der Waals surface area contributed by atoms with Crippen molar-refractivity contribution in [3.63, 3.8) is 0 Å². The lowest BCUT2D eigenvalue weighted by molar-refractivity contribution is -0.389. The van der Waals surface area contributed by atoms with Crippen molar-refractivity contribution in [3.05, 3.63) is 212 Å². The second-order valence-electron chi connectivity index (χ2n) is 13.3. The molecule has 0 heterocycles. The number of anilines is 6. The number of nitro benzene ring substituents is 2. The van der Waals surface area contributed by atoms with E-state index in [1.165, 1.54) is 24.3 Å². The van der Waals surface area contributed by atoms with Gasteiger partial charge in [0.1, 0.15) is 11.5 Å². The van der Waals surface area contributed by atoms with Crippen LogP contribution in [0.1, 0.15) is 36.6 Å². The maximum Gasteiger partial charge on any atom is 0.277 e. The molecule has 0 aliphatic carbocycles. The smallest absolute Gasteiger partial charge is 0.277 e. The van der Waals surface area contributed by atoms with Crippen LogP contribution in [0.4, 0.5) is 45.5 Å². The second kappa shape index (κ2) is 19.4. The first-order valence-corrected chi connectivity index (χ1v) is 18.9. The predicted molar refractivity (Wildman–Crippen MR) is 244 cm³/mol. The van der Waals surface area contributed by atoms with Gasteiger partial charge in [0.2, 0.25) is 0 Å². The number of ether oxygens (including phenoxy) is 2. The molecule has 0 saturated carbocycles. The van der Waals surface area contributed by atoms with Crippen molar-refractivity contribution in [2.45, 2.75) is 14.4 Å². The lowest BCUT2D eigenvalue weighted by Gasteiger charge is -2.25. The maximum atomic E-state index is 12.3. The van der Waals surface area contributed by atoms with E-state index in [1.807, 2.05) is 165 Å². The van der Waals surface area contributed by atoms with E-state index in [1.54, 1.807) is 19.3 Å². The highest BCUT2D eigenvalue weighted by atomic mass is 16.6. The summed E-state index contributed by atoms with van der Waals surface area (Å²) in [5.74, 6) is 1.53. The summed E-state index contributed by atoms with van der Waals surface area (Å²) in [4.78, 5) is 27.8. The molecular weight excluding hydrogens is 753 g/mol. The first kappa shape index (κ1) is 41.6. The van der Waals surface area contributed by atoms with Crippen LogP contribution < -0.4 is 19.3 Å². The largest absolute Gasteiger partial charge is 0.497 e. The molecule has 0 fully saturated rings. The number of methoxy groups -OCH3 is 1. The number of para-hydroxylation sites is 2. The van der Waals surface area contributed by atoms with Crippen molar-refractivity contribution in [1.82, 2.24) is 0 Å². The number of nitrogens with zero attached hydrogens (tertiary/aromatic N) is 4. The summed E-state index contributed by atoms with van der Waals surface area (Å²) in [6, 6.07) is 53.4. The fourth-order valence-electron chi connectivity index (χ4n) is 6.67. The van der Waals surface area contributed by atoms with Crippen LogP contribution in [0.15, 0.2) is 170 Å². The summed E-state index contributed by atoms with van der Waals surface area (Å²) in [6.45, 7) is 2.52. The van der Waals surface area contributed by atoms with Gasteiger partial charge in [0, 0.05) is 46.3 Å². The minimum absolute atomic E-state index is 0. The van der Waals surface area contributed by atoms with E-state index in [2.05, 4.69) is 9.80 Å². The number of hydrogen-bond donors (Lipinski definition) is 0. The molecule has 0 spiro atoms. The topological polar surface area (TPSA) is 111 Å². The Kier molecular flexibility index (Phi) is 13.5. The van der Waals surface area contributed by atoms with Crippen LogP contribution in [0.5, 0.6) is 11.5 Å². The molecule has 0 atom stereocenters. The van der Waals surface area contributed by atoms with Crippen LogP contribution in [0.25, 0.3) is 24.3 Å². The third-order valence-corrected chi connectivity index (χ3v) is 9.55. The Morgan fingerprint density at radius 1 is 0.483 bits per heavy atom. The molecule has 0 radical (unpaired) electrons. The molecule has 0 unspecified atom stereocenters. The molecule has 10 heteroatoms. The minimum Gasteiger partial charge on any atom is -0.497 e. The first-order valence-electron chi connectivity index (χ1n) is 18.9. The molecule has 0 aliphatic heterocycles. The molecule has 7 rings (SSSR count). The molecule has 0 aromatic heterocycles. The van der Waals surface area contributed by atoms with Crippen molar-refractivity contribution in [2.75, 3.05) is 23.5 Å². The normalized spacial score (nSPS) is 10.9. The van der Waals surface area contributed by atoms with Gasteiger partial charge in [0.25, 0.3) is 11.4 Å². The van der Waals surface area contributed by atoms with Gasteiger partial charge in [-0.05, 0) is 127 Å². The Labute approximate surface area is 349 Å². The van der Waals surface area contributed by atoms with Crippen LogP contribution in [0.3, 0.4) is 0 Å². The summed E-state index contributed by atoms with van der Waals surface area (Å²) in [5, 5.41) is 24.6. The van der Waals surface area contributed by atoms with Gasteiger partial charge in [-0.25, -0.2) is 0 Å². The third kappa shape index (κ3) is 9.75. The zero-order chi connectivity index (χ0) is 41.1. The van der Waals surface area contributed by atoms with Gasteiger partial charge in [0.15, 0.2) is 0 Å². The quantitative estimate of drug-likeness (QED) is 0.0573. The Morgan fingerprint density at radius 2 is 0.817 bits per heavy atom. The number of nitro groups is 2. The molecule has 60 heavy (non-hydrogen) atoms. The molecule has 0 amide bonds. The Hall–Kier alpha value is -7.98. The number of benzene rings is 7. The average Bonchev–Trinajstić information content (AvgIpc) is 3.27. The lowest BCUT2D eigenvalue weighted by atomic mass is 10.0. The van der Waals surface area contributed by atoms with Gasteiger partial charge in [-0.3, -0.25) is 20.2 Å². The van der Waals surface area contributed by atoms with Crippen molar-refractivity contribution in [2.24, 2.45) is 0 Å². The van der Waals surface area contributed by atoms with E-state index in [0.717, 1.165) is 56.8 Å². The van der Waals surface area contributed by atoms with Crippen molar-refractivity contribution in [3.8, 4) is 11.5 Å². The molecule has 7 aromatic carbocycles. The average molecular weight is 797 g/mol. The number of hydrogen-bond acceptors (Lipinski definition) is 8. The van der Waals surface area contributed by atoms with Crippen LogP contribution in [0, 0.1) is 20.2 Å². The maximum absolute atomic E-state index is 12.3. The summed E-state index contributed by atoms with van der Waals surface area (Å²) >= 11 is 0. The second-order valence-corrected chi connectivity index (χ2v) is 13.3. The molecule has 0 aliphatic rings. The summed E-state index contributed by atoms with van der Waals surface area (Å²) < 4.78 is 11.0. The molecule has 0 N–H and O–H groups in total. The molecule has 0 saturated heterocycles. The zero-order valence-electron chi connectivity index (χ0n) is 32.4. The molecular formula is C50H44N4O6. The van der Waals surface area contributed by atoms with E-state index in [9.17, 15) is 20.2 Å².